The lowest BCUT2D eigenvalue weighted by Crippen LogP contribution is -2.12. The number of benzene rings is 1. The predicted molar refractivity (Wildman–Crippen MR) is 78.5 cm³/mol. The summed E-state index contributed by atoms with van der Waals surface area (Å²) in [6.45, 7) is 3.14. The monoisotopic (exact) mass is 330 g/mol. The maximum absolute atomic E-state index is 12.4. The summed E-state index contributed by atoms with van der Waals surface area (Å²) in [7, 11) is -7.09. The highest BCUT2D eigenvalue weighted by atomic mass is 32.3. The summed E-state index contributed by atoms with van der Waals surface area (Å²) in [6, 6.07) is 10.7. The summed E-state index contributed by atoms with van der Waals surface area (Å²) >= 11 is 0.794. The Morgan fingerprint density at radius 2 is 1.40 bits per heavy atom. The van der Waals surface area contributed by atoms with Gasteiger partial charge in [-0.05, 0) is 38.1 Å². The number of rotatable bonds is 4. The van der Waals surface area contributed by atoms with Crippen molar-refractivity contribution >= 4 is 31.0 Å². The van der Waals surface area contributed by atoms with E-state index in [1.54, 1.807) is 32.0 Å². The van der Waals surface area contributed by atoms with E-state index in [0.29, 0.717) is 0 Å². The molecule has 2 rings (SSSR count). The van der Waals surface area contributed by atoms with Gasteiger partial charge in [-0.2, -0.15) is 0 Å². The largest absolute Gasteiger partial charge is 0.223 e. The van der Waals surface area contributed by atoms with Gasteiger partial charge in [-0.15, -0.1) is 11.3 Å². The molecule has 0 aliphatic heterocycles. The molecule has 20 heavy (non-hydrogen) atoms. The van der Waals surface area contributed by atoms with E-state index in [-0.39, 0.29) is 13.3 Å². The van der Waals surface area contributed by atoms with Crippen molar-refractivity contribution in [3.63, 3.8) is 0 Å². The van der Waals surface area contributed by atoms with Crippen LogP contribution in [0.1, 0.15) is 13.8 Å². The summed E-state index contributed by atoms with van der Waals surface area (Å²) in [5.41, 5.74) is 0. The summed E-state index contributed by atoms with van der Waals surface area (Å²) in [6.07, 6.45) is 0. The lowest BCUT2D eigenvalue weighted by molar-refractivity contribution is 0.589. The first-order chi connectivity index (χ1) is 9.26. The molecular formula is C13H14O4S3. The molecule has 0 bridgehead atoms. The molecule has 0 spiro atoms. The highest BCUT2D eigenvalue weighted by molar-refractivity contribution is 7.96. The van der Waals surface area contributed by atoms with Crippen molar-refractivity contribution in [3.8, 4) is 0 Å². The third-order valence-electron chi connectivity index (χ3n) is 2.78. The molecule has 0 saturated heterocycles. The smallest absolute Gasteiger partial charge is 0.215 e. The number of sulfone groups is 2. The van der Waals surface area contributed by atoms with Crippen LogP contribution in [0.3, 0.4) is 0 Å². The third kappa shape index (κ3) is 2.65. The number of hydrogen-bond donors (Lipinski definition) is 0. The zero-order chi connectivity index (χ0) is 15.0. The molecule has 0 radical (unpaired) electrons. The third-order valence-corrected chi connectivity index (χ3v) is 8.80. The van der Waals surface area contributed by atoms with Crippen LogP contribution in [0.2, 0.25) is 0 Å². The van der Waals surface area contributed by atoms with E-state index in [9.17, 15) is 16.8 Å². The standard InChI is InChI=1S/C13H14O4S3/c1-10(2)19(14,15)12-8-9-13(18-12)20(16,17)11-6-4-3-5-7-11/h3-10H,1-2H3. The molecule has 0 N–H and O–H groups in total. The first-order valence-corrected chi connectivity index (χ1v) is 9.75. The Kier molecular flexibility index (Phi) is 4.04. The van der Waals surface area contributed by atoms with E-state index in [2.05, 4.69) is 0 Å². The molecule has 1 heterocycles. The van der Waals surface area contributed by atoms with Crippen molar-refractivity contribution in [2.75, 3.05) is 0 Å². The summed E-state index contributed by atoms with van der Waals surface area (Å²) in [5, 5.41) is -0.576. The van der Waals surface area contributed by atoms with Gasteiger partial charge >= 0.3 is 0 Å². The lowest BCUT2D eigenvalue weighted by atomic mass is 10.4. The average molecular weight is 330 g/mol. The van der Waals surface area contributed by atoms with Crippen molar-refractivity contribution in [1.29, 1.82) is 0 Å². The second-order valence-corrected chi connectivity index (χ2v) is 10.5. The van der Waals surface area contributed by atoms with Gasteiger partial charge < -0.3 is 0 Å². The fourth-order valence-corrected chi connectivity index (χ4v) is 6.20. The molecule has 0 unspecified atom stereocenters. The lowest BCUT2D eigenvalue weighted by Gasteiger charge is -2.04. The molecule has 1 aromatic heterocycles. The van der Waals surface area contributed by atoms with Gasteiger partial charge in [-0.25, -0.2) is 16.8 Å². The molecule has 108 valence electrons. The number of hydrogen-bond acceptors (Lipinski definition) is 5. The highest BCUT2D eigenvalue weighted by Crippen LogP contribution is 2.31. The quantitative estimate of drug-likeness (QED) is 0.864. The van der Waals surface area contributed by atoms with Gasteiger partial charge in [0.15, 0.2) is 9.84 Å². The van der Waals surface area contributed by atoms with Crippen LogP contribution in [0.15, 0.2) is 55.8 Å². The van der Waals surface area contributed by atoms with E-state index in [0.717, 1.165) is 11.3 Å². The maximum Gasteiger partial charge on any atom is 0.215 e. The van der Waals surface area contributed by atoms with Crippen LogP contribution < -0.4 is 0 Å². The topological polar surface area (TPSA) is 68.3 Å². The van der Waals surface area contributed by atoms with Crippen molar-refractivity contribution in [2.24, 2.45) is 0 Å². The highest BCUT2D eigenvalue weighted by Gasteiger charge is 2.25. The minimum atomic E-state index is -3.65. The molecular weight excluding hydrogens is 316 g/mol. The molecule has 0 fully saturated rings. The zero-order valence-electron chi connectivity index (χ0n) is 11.0. The van der Waals surface area contributed by atoms with E-state index >= 15 is 0 Å². The van der Waals surface area contributed by atoms with E-state index in [4.69, 9.17) is 0 Å². The van der Waals surface area contributed by atoms with E-state index < -0.39 is 24.9 Å². The predicted octanol–water partition coefficient (Wildman–Crippen LogP) is 2.76. The van der Waals surface area contributed by atoms with E-state index in [1.807, 2.05) is 0 Å². The fraction of sp³-hybridized carbons (Fsp3) is 0.231. The normalized spacial score (nSPS) is 12.8. The average Bonchev–Trinajstić information content (AvgIpc) is 2.90. The Morgan fingerprint density at radius 3 is 1.95 bits per heavy atom. The second-order valence-electron chi connectivity index (χ2n) is 4.48. The van der Waals surface area contributed by atoms with Crippen LogP contribution in [-0.2, 0) is 19.7 Å². The summed E-state index contributed by atoms with van der Waals surface area (Å²) in [5.74, 6) is 0. The first kappa shape index (κ1) is 15.2. The van der Waals surface area contributed by atoms with Crippen LogP contribution in [0.4, 0.5) is 0 Å². The minimum absolute atomic E-state index is 0.0444. The summed E-state index contributed by atoms with van der Waals surface area (Å²) < 4.78 is 48.9. The van der Waals surface area contributed by atoms with Gasteiger partial charge in [0.1, 0.15) is 8.42 Å². The molecule has 1 aromatic carbocycles. The Bertz CT molecular complexity index is 800. The maximum atomic E-state index is 12.4. The fourth-order valence-electron chi connectivity index (χ4n) is 1.55. The molecule has 7 heteroatoms. The van der Waals surface area contributed by atoms with Gasteiger partial charge in [0.05, 0.1) is 10.1 Å². The molecule has 0 amide bonds. The van der Waals surface area contributed by atoms with E-state index in [1.165, 1.54) is 24.3 Å². The van der Waals surface area contributed by atoms with Gasteiger partial charge in [0.2, 0.25) is 9.84 Å². The molecule has 0 atom stereocenters. The van der Waals surface area contributed by atoms with Gasteiger partial charge in [-0.1, -0.05) is 18.2 Å². The molecule has 0 aliphatic carbocycles. The molecule has 4 nitrogen and oxygen atoms in total. The second kappa shape index (κ2) is 5.31. The SMILES string of the molecule is CC(C)S(=O)(=O)c1ccc(S(=O)(=O)c2ccccc2)s1. The Morgan fingerprint density at radius 1 is 0.850 bits per heavy atom. The van der Waals surface area contributed by atoms with Crippen molar-refractivity contribution in [1.82, 2.24) is 0 Å². The van der Waals surface area contributed by atoms with Gasteiger partial charge in [0, 0.05) is 0 Å². The first-order valence-electron chi connectivity index (χ1n) is 5.90. The number of thiophene rings is 1. The van der Waals surface area contributed by atoms with Crippen LogP contribution in [-0.4, -0.2) is 22.1 Å². The van der Waals surface area contributed by atoms with Crippen molar-refractivity contribution in [2.45, 2.75) is 32.4 Å². The Labute approximate surface area is 122 Å². The minimum Gasteiger partial charge on any atom is -0.223 e. The molecule has 0 saturated carbocycles. The summed E-state index contributed by atoms with van der Waals surface area (Å²) in [4.78, 5) is 0.162. The Balaban J connectivity index is 2.50. The van der Waals surface area contributed by atoms with Crippen molar-refractivity contribution in [3.05, 3.63) is 42.5 Å². The van der Waals surface area contributed by atoms with Crippen LogP contribution in [0.25, 0.3) is 0 Å². The molecule has 2 aromatic rings. The van der Waals surface area contributed by atoms with Crippen LogP contribution in [0, 0.1) is 0 Å². The van der Waals surface area contributed by atoms with Gasteiger partial charge in [0.25, 0.3) is 0 Å². The van der Waals surface area contributed by atoms with Gasteiger partial charge in [-0.3, -0.25) is 0 Å². The van der Waals surface area contributed by atoms with Crippen LogP contribution in [0.5, 0.6) is 0 Å². The zero-order valence-corrected chi connectivity index (χ0v) is 13.4. The molecule has 0 aliphatic rings. The van der Waals surface area contributed by atoms with Crippen molar-refractivity contribution < 1.29 is 16.8 Å². The Hall–Kier alpha value is -1.18. The van der Waals surface area contributed by atoms with Crippen LogP contribution >= 0.6 is 11.3 Å².